The van der Waals surface area contributed by atoms with E-state index in [0.29, 0.717) is 17.9 Å². The van der Waals surface area contributed by atoms with Gasteiger partial charge in [-0.05, 0) is 37.2 Å². The highest BCUT2D eigenvalue weighted by Crippen LogP contribution is 2.43. The molecule has 0 radical (unpaired) electrons. The molecule has 2 aliphatic carbocycles. The predicted molar refractivity (Wildman–Crippen MR) is 71.6 cm³/mol. The summed E-state index contributed by atoms with van der Waals surface area (Å²) in [6, 6.07) is 5.31. The van der Waals surface area contributed by atoms with Crippen molar-refractivity contribution in [2.45, 2.75) is 44.8 Å². The molecule has 0 unspecified atom stereocenters. The minimum absolute atomic E-state index is 0.193. The first-order valence-electron chi connectivity index (χ1n) is 7.19. The zero-order valence-electron chi connectivity index (χ0n) is 11.4. The first kappa shape index (κ1) is 12.9. The van der Waals surface area contributed by atoms with Crippen LogP contribution in [0, 0.1) is 17.7 Å². The van der Waals surface area contributed by atoms with Crippen LogP contribution in [-0.4, -0.2) is 13.2 Å². The largest absolute Gasteiger partial charge is 0.487 e. The van der Waals surface area contributed by atoms with Gasteiger partial charge in [-0.2, -0.15) is 0 Å². The summed E-state index contributed by atoms with van der Waals surface area (Å²) < 4.78 is 25.1. The summed E-state index contributed by atoms with van der Waals surface area (Å²) in [6.45, 7) is 0.291. The number of benzene rings is 1. The lowest BCUT2D eigenvalue weighted by atomic mass is 9.87. The van der Waals surface area contributed by atoms with Crippen LogP contribution in [-0.2, 0) is 11.3 Å². The van der Waals surface area contributed by atoms with Gasteiger partial charge in [-0.3, -0.25) is 0 Å². The van der Waals surface area contributed by atoms with Crippen molar-refractivity contribution in [3.05, 3.63) is 29.6 Å². The number of hydrogen-bond acceptors (Lipinski definition) is 2. The third kappa shape index (κ3) is 2.76. The van der Waals surface area contributed by atoms with Crippen molar-refractivity contribution in [2.24, 2.45) is 11.8 Å². The van der Waals surface area contributed by atoms with Gasteiger partial charge in [0.2, 0.25) is 0 Å². The summed E-state index contributed by atoms with van der Waals surface area (Å²) in [5, 5.41) is 0. The maximum atomic E-state index is 14.2. The molecule has 19 heavy (non-hydrogen) atoms. The van der Waals surface area contributed by atoms with Crippen LogP contribution in [0.4, 0.5) is 4.39 Å². The standard InChI is InChI=1S/C16H21FO2/c1-18-10-13-3-2-4-15(16(13)17)19-14-8-11-5-6-12(7-11)9-14/h2-4,11-12,14H,5-10H2,1H3/t11-,12+,14-. The molecular formula is C16H21FO2. The van der Waals surface area contributed by atoms with E-state index < -0.39 is 0 Å². The number of hydrogen-bond donors (Lipinski definition) is 0. The summed E-state index contributed by atoms with van der Waals surface area (Å²) in [4.78, 5) is 0. The zero-order valence-corrected chi connectivity index (χ0v) is 11.4. The molecule has 3 rings (SSSR count). The molecular weight excluding hydrogens is 243 g/mol. The average Bonchev–Trinajstić information content (AvgIpc) is 2.74. The molecule has 3 heteroatoms. The minimum Gasteiger partial charge on any atom is -0.487 e. The van der Waals surface area contributed by atoms with Crippen LogP contribution in [0.1, 0.15) is 37.7 Å². The summed E-state index contributed by atoms with van der Waals surface area (Å²) in [5.41, 5.74) is 0.568. The Kier molecular flexibility index (Phi) is 3.74. The van der Waals surface area contributed by atoms with Gasteiger partial charge in [0.1, 0.15) is 0 Å². The molecule has 2 nitrogen and oxygen atoms in total. The Morgan fingerprint density at radius 3 is 2.58 bits per heavy atom. The Labute approximate surface area is 113 Å². The molecule has 1 aromatic rings. The lowest BCUT2D eigenvalue weighted by Gasteiger charge is -2.28. The summed E-state index contributed by atoms with van der Waals surface area (Å²) in [6.07, 6.45) is 6.38. The summed E-state index contributed by atoms with van der Waals surface area (Å²) in [5.74, 6) is 1.73. The molecule has 1 aromatic carbocycles. The molecule has 3 atom stereocenters. The molecule has 104 valence electrons. The second-order valence-corrected chi connectivity index (χ2v) is 5.92. The number of fused-ring (bicyclic) bond motifs is 2. The molecule has 2 bridgehead atoms. The highest BCUT2D eigenvalue weighted by atomic mass is 19.1. The van der Waals surface area contributed by atoms with Crippen molar-refractivity contribution < 1.29 is 13.9 Å². The Morgan fingerprint density at radius 2 is 1.89 bits per heavy atom. The van der Waals surface area contributed by atoms with Gasteiger partial charge in [-0.1, -0.05) is 25.0 Å². The maximum Gasteiger partial charge on any atom is 0.170 e. The van der Waals surface area contributed by atoms with Gasteiger partial charge in [-0.15, -0.1) is 0 Å². The van der Waals surface area contributed by atoms with Crippen LogP contribution in [0.3, 0.4) is 0 Å². The van der Waals surface area contributed by atoms with Gasteiger partial charge >= 0.3 is 0 Å². The molecule has 0 heterocycles. The SMILES string of the molecule is COCc1cccc(O[C@@H]2C[C@@H]3CC[C@@H](C3)C2)c1F. The number of methoxy groups -OCH3 is 1. The molecule has 2 saturated carbocycles. The monoisotopic (exact) mass is 264 g/mol. The second kappa shape index (κ2) is 5.49. The Morgan fingerprint density at radius 1 is 1.16 bits per heavy atom. The van der Waals surface area contributed by atoms with Crippen molar-refractivity contribution in [1.29, 1.82) is 0 Å². The van der Waals surface area contributed by atoms with E-state index in [2.05, 4.69) is 0 Å². The van der Waals surface area contributed by atoms with Crippen molar-refractivity contribution in [2.75, 3.05) is 7.11 Å². The van der Waals surface area contributed by atoms with Gasteiger partial charge in [0.15, 0.2) is 11.6 Å². The van der Waals surface area contributed by atoms with Crippen molar-refractivity contribution >= 4 is 0 Å². The van der Waals surface area contributed by atoms with E-state index in [1.807, 2.05) is 6.07 Å². The van der Waals surface area contributed by atoms with Gasteiger partial charge in [-0.25, -0.2) is 4.39 Å². The molecule has 0 amide bonds. The van der Waals surface area contributed by atoms with Crippen LogP contribution in [0.5, 0.6) is 5.75 Å². The quantitative estimate of drug-likeness (QED) is 0.820. The fraction of sp³-hybridized carbons (Fsp3) is 0.625. The molecule has 2 aliphatic rings. The van der Waals surface area contributed by atoms with Crippen molar-refractivity contribution in [1.82, 2.24) is 0 Å². The Hall–Kier alpha value is -1.09. The van der Waals surface area contributed by atoms with Gasteiger partial charge < -0.3 is 9.47 Å². The van der Waals surface area contributed by atoms with E-state index >= 15 is 0 Å². The van der Waals surface area contributed by atoms with Gasteiger partial charge in [0, 0.05) is 12.7 Å². The third-order valence-corrected chi connectivity index (χ3v) is 4.48. The molecule has 2 fully saturated rings. The molecule has 0 saturated heterocycles. The van der Waals surface area contributed by atoms with Crippen LogP contribution < -0.4 is 4.74 Å². The zero-order chi connectivity index (χ0) is 13.2. The summed E-state index contributed by atoms with van der Waals surface area (Å²) in [7, 11) is 1.58. The predicted octanol–water partition coefficient (Wildman–Crippen LogP) is 3.93. The lowest BCUT2D eigenvalue weighted by molar-refractivity contribution is 0.113. The number of ether oxygens (including phenoxy) is 2. The van der Waals surface area contributed by atoms with Crippen molar-refractivity contribution in [3.8, 4) is 5.75 Å². The Bertz CT molecular complexity index is 434. The molecule has 0 aromatic heterocycles. The highest BCUT2D eigenvalue weighted by Gasteiger charge is 2.35. The fourth-order valence-electron chi connectivity index (χ4n) is 3.64. The number of rotatable bonds is 4. The molecule has 0 N–H and O–H groups in total. The normalized spacial score (nSPS) is 29.5. The van der Waals surface area contributed by atoms with Crippen molar-refractivity contribution in [3.63, 3.8) is 0 Å². The van der Waals surface area contributed by atoms with Crippen LogP contribution in [0.2, 0.25) is 0 Å². The van der Waals surface area contributed by atoms with E-state index in [0.717, 1.165) is 24.7 Å². The van der Waals surface area contributed by atoms with E-state index in [9.17, 15) is 4.39 Å². The van der Waals surface area contributed by atoms with Crippen LogP contribution in [0.25, 0.3) is 0 Å². The lowest BCUT2D eigenvalue weighted by Crippen LogP contribution is -2.26. The summed E-state index contributed by atoms with van der Waals surface area (Å²) >= 11 is 0. The third-order valence-electron chi connectivity index (χ3n) is 4.48. The van der Waals surface area contributed by atoms with E-state index in [-0.39, 0.29) is 11.9 Å². The van der Waals surface area contributed by atoms with Crippen LogP contribution in [0.15, 0.2) is 18.2 Å². The fourth-order valence-corrected chi connectivity index (χ4v) is 3.64. The molecule has 0 aliphatic heterocycles. The number of halogens is 1. The second-order valence-electron chi connectivity index (χ2n) is 5.92. The van der Waals surface area contributed by atoms with Gasteiger partial charge in [0.05, 0.1) is 12.7 Å². The molecule has 0 spiro atoms. The topological polar surface area (TPSA) is 18.5 Å². The maximum absolute atomic E-state index is 14.2. The van der Waals surface area contributed by atoms with E-state index in [4.69, 9.17) is 9.47 Å². The first-order chi connectivity index (χ1) is 9.26. The average molecular weight is 264 g/mol. The smallest absolute Gasteiger partial charge is 0.170 e. The van der Waals surface area contributed by atoms with E-state index in [1.54, 1.807) is 19.2 Å². The Balaban J connectivity index is 1.71. The first-order valence-corrected chi connectivity index (χ1v) is 7.19. The highest BCUT2D eigenvalue weighted by molar-refractivity contribution is 5.31. The van der Waals surface area contributed by atoms with E-state index in [1.165, 1.54) is 19.3 Å². The minimum atomic E-state index is -0.262. The van der Waals surface area contributed by atoms with Gasteiger partial charge in [0.25, 0.3) is 0 Å². The van der Waals surface area contributed by atoms with Crippen LogP contribution >= 0.6 is 0 Å².